The van der Waals surface area contributed by atoms with Crippen LogP contribution in [0.5, 0.6) is 0 Å². The van der Waals surface area contributed by atoms with Gasteiger partial charge in [-0.05, 0) is 12.8 Å². The largest absolute Gasteiger partial charge is 0.393 e. The highest BCUT2D eigenvalue weighted by molar-refractivity contribution is 6.18. The molecule has 1 aromatic rings. The van der Waals surface area contributed by atoms with Crippen molar-refractivity contribution in [1.29, 1.82) is 0 Å². The minimum Gasteiger partial charge on any atom is -0.393 e. The van der Waals surface area contributed by atoms with Crippen LogP contribution in [0.15, 0.2) is 21.9 Å². The van der Waals surface area contributed by atoms with Crippen molar-refractivity contribution in [1.82, 2.24) is 9.55 Å². The number of terminal acetylenes is 1. The van der Waals surface area contributed by atoms with Crippen molar-refractivity contribution in [3.05, 3.63) is 33.1 Å². The first-order chi connectivity index (χ1) is 13.5. The van der Waals surface area contributed by atoms with Crippen LogP contribution >= 0.6 is 11.6 Å². The van der Waals surface area contributed by atoms with Gasteiger partial charge in [0.25, 0.3) is 5.56 Å². The lowest BCUT2D eigenvalue weighted by atomic mass is 9.98. The van der Waals surface area contributed by atoms with Gasteiger partial charge in [-0.3, -0.25) is 14.3 Å². The summed E-state index contributed by atoms with van der Waals surface area (Å²) in [6.45, 7) is 3.47. The maximum atomic E-state index is 12.2. The average Bonchev–Trinajstić information content (AvgIpc) is 3.17. The zero-order valence-corrected chi connectivity index (χ0v) is 16.9. The molecule has 0 radical (unpaired) electrons. The summed E-state index contributed by atoms with van der Waals surface area (Å²) in [4.78, 5) is 25.7. The zero-order valence-electron chi connectivity index (χ0n) is 16.2. The molecule has 0 aromatic carbocycles. The fourth-order valence-electron chi connectivity index (χ4n) is 3.36. The molecule has 2 N–H and O–H groups in total. The zero-order chi connectivity index (χ0) is 20.8. The fourth-order valence-corrected chi connectivity index (χ4v) is 3.65. The second-order valence-corrected chi connectivity index (χ2v) is 6.81. The van der Waals surface area contributed by atoms with Crippen LogP contribution < -0.4 is 11.2 Å². The normalized spacial score (nSPS) is 29.2. The lowest BCUT2D eigenvalue weighted by Gasteiger charge is -2.45. The first kappa shape index (κ1) is 22.7. The summed E-state index contributed by atoms with van der Waals surface area (Å²) in [7, 11) is 0. The molecule has 2 aliphatic rings. The van der Waals surface area contributed by atoms with Gasteiger partial charge in [-0.25, -0.2) is 4.79 Å². The van der Waals surface area contributed by atoms with E-state index in [0.717, 1.165) is 12.8 Å². The van der Waals surface area contributed by atoms with E-state index in [4.69, 9.17) is 32.2 Å². The summed E-state index contributed by atoms with van der Waals surface area (Å²) in [5.74, 6) is 1.44. The molecule has 3 rings (SSSR count). The molecule has 1 saturated carbocycles. The summed E-state index contributed by atoms with van der Waals surface area (Å²) >= 11 is 6.10. The molecule has 1 spiro atoms. The van der Waals surface area contributed by atoms with E-state index in [9.17, 15) is 14.7 Å². The van der Waals surface area contributed by atoms with Crippen molar-refractivity contribution >= 4 is 11.6 Å². The third-order valence-corrected chi connectivity index (χ3v) is 5.29. The van der Waals surface area contributed by atoms with Crippen LogP contribution in [0, 0.1) is 12.3 Å². The fraction of sp³-hybridized carbons (Fsp3) is 0.684. The Kier molecular flexibility index (Phi) is 7.87. The summed E-state index contributed by atoms with van der Waals surface area (Å²) in [6, 6.07) is 1.20. The Morgan fingerprint density at radius 3 is 2.57 bits per heavy atom. The summed E-state index contributed by atoms with van der Waals surface area (Å²) < 4.78 is 19.2. The summed E-state index contributed by atoms with van der Waals surface area (Å²) in [6.07, 6.45) is 8.14. The Labute approximate surface area is 168 Å². The molecule has 2 fully saturated rings. The highest BCUT2D eigenvalue weighted by atomic mass is 35.5. The van der Waals surface area contributed by atoms with Gasteiger partial charge in [0, 0.05) is 25.1 Å². The van der Waals surface area contributed by atoms with Gasteiger partial charge in [0.15, 0.2) is 18.1 Å². The van der Waals surface area contributed by atoms with Crippen LogP contribution in [-0.2, 0) is 14.2 Å². The SMILES string of the molecule is C#C[C@@H]1OC2(CCCC2)OC[C@H](n2ccc(=O)[nH]c2=O)O[C@@]1(CO)CCl.CC. The Morgan fingerprint density at radius 1 is 1.36 bits per heavy atom. The molecule has 1 aliphatic heterocycles. The van der Waals surface area contributed by atoms with Crippen LogP contribution in [-0.4, -0.2) is 51.2 Å². The third kappa shape index (κ3) is 4.50. The second-order valence-electron chi connectivity index (χ2n) is 6.54. The van der Waals surface area contributed by atoms with Gasteiger partial charge in [0.2, 0.25) is 0 Å². The van der Waals surface area contributed by atoms with E-state index in [1.54, 1.807) is 0 Å². The molecule has 0 bridgehead atoms. The van der Waals surface area contributed by atoms with Gasteiger partial charge in [0.1, 0.15) is 5.60 Å². The van der Waals surface area contributed by atoms with E-state index >= 15 is 0 Å². The highest BCUT2D eigenvalue weighted by Gasteiger charge is 2.50. The van der Waals surface area contributed by atoms with Crippen molar-refractivity contribution in [3.63, 3.8) is 0 Å². The van der Waals surface area contributed by atoms with E-state index in [2.05, 4.69) is 10.9 Å². The Hall–Kier alpha value is -1.63. The molecule has 3 atom stereocenters. The molecule has 9 heteroatoms. The van der Waals surface area contributed by atoms with E-state index in [1.807, 2.05) is 13.8 Å². The number of aromatic nitrogens is 2. The maximum absolute atomic E-state index is 12.2. The molecular formula is C19H27ClN2O6. The van der Waals surface area contributed by atoms with Gasteiger partial charge >= 0.3 is 5.69 Å². The molecule has 0 unspecified atom stereocenters. The standard InChI is InChI=1S/C17H21ClN2O6.C2H6/c1-2-12-16(10-18,11-21)26-14(20-8-5-13(22)19-15(20)23)9-24-17(25-12)6-3-4-7-17;1-2/h1,5,8,12,14,21H,3-4,6-7,9-11H2,(H,19,22,23);1-2H3/t12-,14+,16+;/m0./s1. The van der Waals surface area contributed by atoms with Crippen LogP contribution in [0.25, 0.3) is 0 Å². The summed E-state index contributed by atoms with van der Waals surface area (Å²) in [5, 5.41) is 10.00. The first-order valence-electron chi connectivity index (χ1n) is 9.41. The lowest BCUT2D eigenvalue weighted by molar-refractivity contribution is -0.327. The minimum atomic E-state index is -1.42. The number of ether oxygens (including phenoxy) is 3. The Morgan fingerprint density at radius 2 is 2.04 bits per heavy atom. The molecule has 28 heavy (non-hydrogen) atoms. The minimum absolute atomic E-state index is 0.0259. The van der Waals surface area contributed by atoms with Crippen molar-refractivity contribution in [2.75, 3.05) is 19.1 Å². The quantitative estimate of drug-likeness (QED) is 0.572. The number of aliphatic hydroxyl groups excluding tert-OH is 1. The Balaban J connectivity index is 0.00000136. The van der Waals surface area contributed by atoms with E-state index in [1.165, 1.54) is 16.8 Å². The number of H-pyrrole nitrogens is 1. The number of rotatable bonds is 3. The predicted octanol–water partition coefficient (Wildman–Crippen LogP) is 1.37. The number of halogens is 1. The third-order valence-electron chi connectivity index (χ3n) is 4.84. The second kappa shape index (κ2) is 9.72. The van der Waals surface area contributed by atoms with Crippen LogP contribution in [0.2, 0.25) is 0 Å². The molecular weight excluding hydrogens is 388 g/mol. The Bertz CT molecular complexity index is 789. The molecule has 156 valence electrons. The van der Waals surface area contributed by atoms with Gasteiger partial charge in [-0.15, -0.1) is 18.0 Å². The topological polar surface area (TPSA) is 103 Å². The van der Waals surface area contributed by atoms with Gasteiger partial charge < -0.3 is 19.3 Å². The molecule has 2 heterocycles. The van der Waals surface area contributed by atoms with E-state index in [-0.39, 0.29) is 12.5 Å². The number of aliphatic hydroxyl groups is 1. The van der Waals surface area contributed by atoms with Crippen molar-refractivity contribution in [2.45, 2.75) is 63.3 Å². The number of alkyl halides is 1. The van der Waals surface area contributed by atoms with Crippen molar-refractivity contribution < 1.29 is 19.3 Å². The number of aromatic amines is 1. The van der Waals surface area contributed by atoms with E-state index < -0.39 is 41.6 Å². The first-order valence-corrected chi connectivity index (χ1v) is 9.95. The molecule has 1 aliphatic carbocycles. The van der Waals surface area contributed by atoms with Crippen molar-refractivity contribution in [2.24, 2.45) is 0 Å². The smallest absolute Gasteiger partial charge is 0.330 e. The molecule has 1 saturated heterocycles. The summed E-state index contributed by atoms with van der Waals surface area (Å²) in [5.41, 5.74) is -2.61. The van der Waals surface area contributed by atoms with Gasteiger partial charge in [0.05, 0.1) is 19.1 Å². The average molecular weight is 415 g/mol. The van der Waals surface area contributed by atoms with Crippen LogP contribution in [0.3, 0.4) is 0 Å². The number of hydrogen-bond donors (Lipinski definition) is 2. The highest BCUT2D eigenvalue weighted by Crippen LogP contribution is 2.41. The van der Waals surface area contributed by atoms with Crippen LogP contribution in [0.4, 0.5) is 0 Å². The molecule has 0 amide bonds. The maximum Gasteiger partial charge on any atom is 0.330 e. The monoisotopic (exact) mass is 414 g/mol. The van der Waals surface area contributed by atoms with Crippen molar-refractivity contribution in [3.8, 4) is 12.3 Å². The number of hydrogen-bond acceptors (Lipinski definition) is 6. The number of nitrogens with one attached hydrogen (secondary N) is 1. The number of nitrogens with zero attached hydrogens (tertiary/aromatic N) is 1. The molecule has 8 nitrogen and oxygen atoms in total. The van der Waals surface area contributed by atoms with E-state index in [0.29, 0.717) is 12.8 Å². The lowest BCUT2D eigenvalue weighted by Crippen LogP contribution is -2.58. The van der Waals surface area contributed by atoms with Crippen LogP contribution in [0.1, 0.15) is 45.8 Å². The van der Waals surface area contributed by atoms with Gasteiger partial charge in [-0.1, -0.05) is 19.8 Å². The van der Waals surface area contributed by atoms with Gasteiger partial charge in [-0.2, -0.15) is 0 Å². The predicted molar refractivity (Wildman–Crippen MR) is 104 cm³/mol. The molecule has 1 aromatic heterocycles.